The molecule has 1 aromatic rings. The van der Waals surface area contributed by atoms with Gasteiger partial charge in [-0.1, -0.05) is 24.6 Å². The van der Waals surface area contributed by atoms with Gasteiger partial charge in [-0.25, -0.2) is 0 Å². The molecule has 1 aliphatic rings. The summed E-state index contributed by atoms with van der Waals surface area (Å²) in [6, 6.07) is 5.23. The number of nitrogens with one attached hydrogen (secondary N) is 1. The highest BCUT2D eigenvalue weighted by Crippen LogP contribution is 2.24. The van der Waals surface area contributed by atoms with Crippen molar-refractivity contribution in [3.63, 3.8) is 0 Å². The van der Waals surface area contributed by atoms with Crippen molar-refractivity contribution in [1.29, 1.82) is 0 Å². The highest BCUT2D eigenvalue weighted by atomic mass is 16.5. The minimum atomic E-state index is 0.607. The molecule has 0 bridgehead atoms. The second-order valence-electron chi connectivity index (χ2n) is 6.27. The Morgan fingerprint density at radius 1 is 1.20 bits per heavy atom. The predicted molar refractivity (Wildman–Crippen MR) is 85.4 cm³/mol. The number of aryl methyl sites for hydroxylation is 3. The van der Waals surface area contributed by atoms with Crippen LogP contribution in [0.2, 0.25) is 0 Å². The number of benzene rings is 1. The van der Waals surface area contributed by atoms with Crippen molar-refractivity contribution in [3.8, 4) is 0 Å². The first-order valence-electron chi connectivity index (χ1n) is 7.99. The molecule has 0 radical (unpaired) electrons. The third-order valence-electron chi connectivity index (χ3n) is 4.44. The highest BCUT2D eigenvalue weighted by molar-refractivity contribution is 5.37. The molecule has 0 saturated carbocycles. The van der Waals surface area contributed by atoms with Crippen LogP contribution in [0.5, 0.6) is 0 Å². The third kappa shape index (κ3) is 3.83. The zero-order chi connectivity index (χ0) is 14.5. The molecule has 2 nitrogen and oxygen atoms in total. The maximum absolute atomic E-state index is 5.73. The summed E-state index contributed by atoms with van der Waals surface area (Å²) in [5.74, 6) is 0.607. The van der Waals surface area contributed by atoms with E-state index in [9.17, 15) is 0 Å². The van der Waals surface area contributed by atoms with E-state index in [1.807, 2.05) is 0 Å². The van der Waals surface area contributed by atoms with Crippen LogP contribution >= 0.6 is 0 Å². The Balaban J connectivity index is 2.10. The minimum absolute atomic E-state index is 0.607. The summed E-state index contributed by atoms with van der Waals surface area (Å²) in [6.07, 6.45) is 3.49. The van der Waals surface area contributed by atoms with E-state index in [1.165, 1.54) is 28.7 Å². The number of rotatable bonds is 5. The van der Waals surface area contributed by atoms with Gasteiger partial charge in [0.2, 0.25) is 0 Å². The number of hydrogen-bond acceptors (Lipinski definition) is 2. The molecule has 20 heavy (non-hydrogen) atoms. The normalized spacial score (nSPS) is 23.0. The van der Waals surface area contributed by atoms with Gasteiger partial charge in [-0.2, -0.15) is 0 Å². The lowest BCUT2D eigenvalue weighted by Crippen LogP contribution is -2.44. The molecular weight excluding hydrogens is 246 g/mol. The molecule has 1 N–H and O–H groups in total. The SMILES string of the molecule is CCCNC1CCOCC1Cc1c(C)cc(C)cc1C. The molecular formula is C18H29NO. The lowest BCUT2D eigenvalue weighted by atomic mass is 9.85. The van der Waals surface area contributed by atoms with E-state index < -0.39 is 0 Å². The van der Waals surface area contributed by atoms with Gasteiger partial charge < -0.3 is 10.1 Å². The lowest BCUT2D eigenvalue weighted by molar-refractivity contribution is 0.0322. The van der Waals surface area contributed by atoms with Crippen LogP contribution in [0.1, 0.15) is 42.0 Å². The summed E-state index contributed by atoms with van der Waals surface area (Å²) in [5, 5.41) is 3.71. The van der Waals surface area contributed by atoms with Gasteiger partial charge in [0.15, 0.2) is 0 Å². The zero-order valence-electron chi connectivity index (χ0n) is 13.5. The first-order chi connectivity index (χ1) is 9.61. The monoisotopic (exact) mass is 275 g/mol. The van der Waals surface area contributed by atoms with Crippen LogP contribution in [0.4, 0.5) is 0 Å². The van der Waals surface area contributed by atoms with E-state index in [0.29, 0.717) is 12.0 Å². The summed E-state index contributed by atoms with van der Waals surface area (Å²) >= 11 is 0. The summed E-state index contributed by atoms with van der Waals surface area (Å²) in [7, 11) is 0. The molecule has 0 aromatic heterocycles. The fourth-order valence-corrected chi connectivity index (χ4v) is 3.39. The van der Waals surface area contributed by atoms with Gasteiger partial charge in [-0.15, -0.1) is 0 Å². The first-order valence-corrected chi connectivity index (χ1v) is 7.99. The number of hydrogen-bond donors (Lipinski definition) is 1. The van der Waals surface area contributed by atoms with E-state index in [-0.39, 0.29) is 0 Å². The Labute approximate surface area is 123 Å². The van der Waals surface area contributed by atoms with Crippen LogP contribution in [0.25, 0.3) is 0 Å². The van der Waals surface area contributed by atoms with Crippen molar-refractivity contribution < 1.29 is 4.74 Å². The van der Waals surface area contributed by atoms with E-state index in [4.69, 9.17) is 4.74 Å². The van der Waals surface area contributed by atoms with E-state index >= 15 is 0 Å². The molecule has 2 atom stereocenters. The Bertz CT molecular complexity index is 418. The van der Waals surface area contributed by atoms with Crippen molar-refractivity contribution in [2.45, 2.75) is 53.0 Å². The van der Waals surface area contributed by atoms with E-state index in [2.05, 4.69) is 45.1 Å². The summed E-state index contributed by atoms with van der Waals surface area (Å²) in [4.78, 5) is 0. The average molecular weight is 275 g/mol. The van der Waals surface area contributed by atoms with Crippen LogP contribution in [0, 0.1) is 26.7 Å². The first kappa shape index (κ1) is 15.5. The second kappa shape index (κ2) is 7.24. The van der Waals surface area contributed by atoms with Gasteiger partial charge in [-0.05, 0) is 63.3 Å². The Kier molecular flexibility index (Phi) is 5.62. The molecule has 1 aliphatic heterocycles. The topological polar surface area (TPSA) is 21.3 Å². The second-order valence-corrected chi connectivity index (χ2v) is 6.27. The molecule has 1 fully saturated rings. The van der Waals surface area contributed by atoms with Crippen molar-refractivity contribution in [3.05, 3.63) is 34.4 Å². The summed E-state index contributed by atoms with van der Waals surface area (Å²) in [5.41, 5.74) is 5.75. The lowest BCUT2D eigenvalue weighted by Gasteiger charge is -2.33. The molecule has 0 amide bonds. The van der Waals surface area contributed by atoms with Gasteiger partial charge in [0.1, 0.15) is 0 Å². The zero-order valence-corrected chi connectivity index (χ0v) is 13.5. The van der Waals surface area contributed by atoms with Crippen molar-refractivity contribution in [2.75, 3.05) is 19.8 Å². The molecule has 2 heteroatoms. The Morgan fingerprint density at radius 2 is 1.90 bits per heavy atom. The average Bonchev–Trinajstić information content (AvgIpc) is 2.41. The molecule has 2 unspecified atom stereocenters. The van der Waals surface area contributed by atoms with Gasteiger partial charge in [0, 0.05) is 18.6 Å². The van der Waals surface area contributed by atoms with Crippen molar-refractivity contribution in [2.24, 2.45) is 5.92 Å². The molecule has 0 spiro atoms. The van der Waals surface area contributed by atoms with Crippen LogP contribution < -0.4 is 5.32 Å². The maximum Gasteiger partial charge on any atom is 0.0512 e. The van der Waals surface area contributed by atoms with Crippen molar-refractivity contribution in [1.82, 2.24) is 5.32 Å². The molecule has 1 heterocycles. The van der Waals surface area contributed by atoms with Crippen LogP contribution in [-0.2, 0) is 11.2 Å². The number of ether oxygens (including phenoxy) is 1. The van der Waals surface area contributed by atoms with Crippen LogP contribution in [0.3, 0.4) is 0 Å². The highest BCUT2D eigenvalue weighted by Gasteiger charge is 2.26. The van der Waals surface area contributed by atoms with Gasteiger partial charge >= 0.3 is 0 Å². The Morgan fingerprint density at radius 3 is 2.55 bits per heavy atom. The molecule has 1 saturated heterocycles. The smallest absolute Gasteiger partial charge is 0.0512 e. The summed E-state index contributed by atoms with van der Waals surface area (Å²) in [6.45, 7) is 11.8. The predicted octanol–water partition coefficient (Wildman–Crippen LogP) is 3.56. The van der Waals surface area contributed by atoms with Crippen LogP contribution in [-0.4, -0.2) is 25.8 Å². The fraction of sp³-hybridized carbons (Fsp3) is 0.667. The molecule has 1 aromatic carbocycles. The quantitative estimate of drug-likeness (QED) is 0.887. The summed E-state index contributed by atoms with van der Waals surface area (Å²) < 4.78 is 5.73. The van der Waals surface area contributed by atoms with Gasteiger partial charge in [0.05, 0.1) is 6.61 Å². The van der Waals surface area contributed by atoms with Crippen LogP contribution in [0.15, 0.2) is 12.1 Å². The molecule has 112 valence electrons. The molecule has 2 rings (SSSR count). The Hall–Kier alpha value is -0.860. The van der Waals surface area contributed by atoms with Gasteiger partial charge in [0.25, 0.3) is 0 Å². The standard InChI is InChI=1S/C18H29NO/c1-5-7-19-18-6-8-20-12-16(18)11-17-14(3)9-13(2)10-15(17)4/h9-10,16,18-19H,5-8,11-12H2,1-4H3. The van der Waals surface area contributed by atoms with Crippen molar-refractivity contribution >= 4 is 0 Å². The minimum Gasteiger partial charge on any atom is -0.381 e. The maximum atomic E-state index is 5.73. The largest absolute Gasteiger partial charge is 0.381 e. The van der Waals surface area contributed by atoms with Gasteiger partial charge in [-0.3, -0.25) is 0 Å². The van der Waals surface area contributed by atoms with E-state index in [0.717, 1.165) is 32.6 Å². The van der Waals surface area contributed by atoms with E-state index in [1.54, 1.807) is 0 Å². The fourth-order valence-electron chi connectivity index (χ4n) is 3.39. The third-order valence-corrected chi connectivity index (χ3v) is 4.44. The molecule has 0 aliphatic carbocycles.